The number of benzene rings is 12. The second-order valence-corrected chi connectivity index (χ2v) is 27.5. The van der Waals surface area contributed by atoms with Crippen molar-refractivity contribution in [3.05, 3.63) is 394 Å². The van der Waals surface area contributed by atoms with Crippen molar-refractivity contribution in [2.45, 2.75) is 111 Å². The van der Waals surface area contributed by atoms with E-state index in [1.165, 1.54) is 84.9 Å². The average Bonchev–Trinajstić information content (AvgIpc) is 0.751. The van der Waals surface area contributed by atoms with Crippen LogP contribution in [-0.4, -0.2) is 33.7 Å². The molecule has 15 rings (SSSR count). The SMILES string of the molecule is C.C.C.O=C(CC[C@H]1C(=O)N(c2ccc(F)cc2)[C@@H]1c1ccc(OCc2ccccc2)cc1)c1ccc(F)cc1.O=C1[C@H](CC[C@@H](O)c2ccc(F)cc2)[C@@H](c2ccc(OCc3ccccc3)cc2)N1c1ccc(F)cc1.O=C1[C@H](CC[C@H](O)c2ccc(F)cc2)[C@@H](c2ccc(OCc3ccccc3)cc2)N1c1ccc(F)cc1.S.S.S.S. The van der Waals surface area contributed by atoms with E-state index in [9.17, 15) is 55.7 Å². The van der Waals surface area contributed by atoms with Gasteiger partial charge in [0.1, 0.15) is 72.0 Å². The molecule has 8 atom stereocenters. The topological polar surface area (TPSA) is 146 Å². The van der Waals surface area contributed by atoms with Crippen LogP contribution in [0.2, 0.25) is 0 Å². The highest BCUT2D eigenvalue weighted by molar-refractivity contribution is 7.59. The number of hydrogen-bond acceptors (Lipinski definition) is 9. The number of amides is 3. The summed E-state index contributed by atoms with van der Waals surface area (Å²) < 4.78 is 98.0. The number of rotatable bonds is 27. The maximum absolute atomic E-state index is 13.5. The number of Topliss-reactive ketones (excluding diaryl/α,β-unsaturated/α-hetero) is 1. The number of carbonyl (C=O) groups excluding carboxylic acids is 4. The Bertz CT molecular complexity index is 4850. The van der Waals surface area contributed by atoms with E-state index in [0.717, 1.165) is 44.9 Å². The minimum Gasteiger partial charge on any atom is -0.489 e. The summed E-state index contributed by atoms with van der Waals surface area (Å²) in [5, 5.41) is 21.2. The van der Waals surface area contributed by atoms with E-state index in [1.54, 1.807) is 75.4 Å². The van der Waals surface area contributed by atoms with Crippen LogP contribution in [0.3, 0.4) is 0 Å². The molecule has 3 aliphatic rings. The van der Waals surface area contributed by atoms with Gasteiger partial charge in [-0.1, -0.05) is 174 Å². The molecule has 3 fully saturated rings. The van der Waals surface area contributed by atoms with Crippen LogP contribution in [-0.2, 0) is 34.2 Å². The fourth-order valence-electron chi connectivity index (χ4n) is 14.3. The normalized spacial score (nSPS) is 16.4. The monoisotopic (exact) mass is 1680 g/mol. The Labute approximate surface area is 714 Å². The van der Waals surface area contributed by atoms with Crippen molar-refractivity contribution < 1.29 is 69.9 Å². The summed E-state index contributed by atoms with van der Waals surface area (Å²) in [4.78, 5) is 57.3. The Morgan fingerprint density at radius 1 is 0.314 bits per heavy atom. The van der Waals surface area contributed by atoms with Crippen LogP contribution in [0.25, 0.3) is 0 Å². The van der Waals surface area contributed by atoms with E-state index in [0.29, 0.717) is 91.4 Å². The van der Waals surface area contributed by atoms with E-state index in [2.05, 4.69) is 0 Å². The van der Waals surface area contributed by atoms with Crippen LogP contribution in [0.5, 0.6) is 17.2 Å². The smallest absolute Gasteiger partial charge is 0.233 e. The fourth-order valence-corrected chi connectivity index (χ4v) is 14.3. The van der Waals surface area contributed by atoms with Crippen molar-refractivity contribution in [2.75, 3.05) is 14.7 Å². The number of ketones is 1. The van der Waals surface area contributed by atoms with Crippen LogP contribution in [0.4, 0.5) is 43.4 Å². The molecular weight excluding hydrogens is 1580 g/mol. The van der Waals surface area contributed by atoms with Gasteiger partial charge in [-0.2, -0.15) is 54.0 Å². The maximum Gasteiger partial charge on any atom is 0.233 e. The van der Waals surface area contributed by atoms with Crippen molar-refractivity contribution in [3.8, 4) is 17.2 Å². The van der Waals surface area contributed by atoms with Gasteiger partial charge in [-0.15, -0.1) is 0 Å². The quantitative estimate of drug-likeness (QED) is 0.0292. The molecule has 0 aliphatic carbocycles. The zero-order valence-corrected chi connectivity index (χ0v) is 66.3. The average molecular weight is 1680 g/mol. The van der Waals surface area contributed by atoms with Gasteiger partial charge < -0.3 is 39.1 Å². The largest absolute Gasteiger partial charge is 0.489 e. The van der Waals surface area contributed by atoms with E-state index in [-0.39, 0.29) is 165 Å². The molecule has 22 heteroatoms. The highest BCUT2D eigenvalue weighted by Gasteiger charge is 2.51. The first-order valence-corrected chi connectivity index (χ1v) is 36.7. The van der Waals surface area contributed by atoms with Gasteiger partial charge in [0.05, 0.1) is 48.1 Å². The number of β-lactam (4-membered cyclic amide) rings is 3. The Morgan fingerprint density at radius 2 is 0.551 bits per heavy atom. The standard InChI is InChI=1S/2C31H27F2NO3.C31H25F2NO3.3CH4.4H2S/c3*32-24-10-6-22(7-11-24)29(35)19-18-28-30(34(31(28)36)26-14-12-25(33)13-15-26)23-8-16-27(17-9-23)37-20-21-4-2-1-3-5-21;;;;;;;/h2*1-17,28-30,35H,18-20H2;1-17,28,30H,18-20H2;3*1H4;4*1H2/t28-,29+,30-;28-,29-,30-;28-,30-;;;;;;;/m111......./s1. The third-order valence-electron chi connectivity index (χ3n) is 20.2. The Morgan fingerprint density at radius 3 is 0.814 bits per heavy atom. The molecule has 0 radical (unpaired) electrons. The highest BCUT2D eigenvalue weighted by Crippen LogP contribution is 2.50. The van der Waals surface area contributed by atoms with E-state index < -0.39 is 23.9 Å². The maximum atomic E-state index is 13.5. The molecule has 12 aromatic carbocycles. The van der Waals surface area contributed by atoms with Gasteiger partial charge in [0.2, 0.25) is 17.7 Å². The lowest BCUT2D eigenvalue weighted by Gasteiger charge is -2.48. The molecule has 12 aromatic rings. The van der Waals surface area contributed by atoms with Crippen molar-refractivity contribution in [2.24, 2.45) is 17.8 Å². The molecule has 3 saturated heterocycles. The van der Waals surface area contributed by atoms with Crippen molar-refractivity contribution in [3.63, 3.8) is 0 Å². The van der Waals surface area contributed by atoms with E-state index in [1.807, 2.05) is 164 Å². The van der Waals surface area contributed by atoms with Gasteiger partial charge in [0, 0.05) is 29.0 Å². The minimum atomic E-state index is -0.803. The summed E-state index contributed by atoms with van der Waals surface area (Å²) in [5.41, 5.74) is 9.43. The number of nitrogens with zero attached hydrogens (tertiary/aromatic N) is 3. The summed E-state index contributed by atoms with van der Waals surface area (Å²) in [5.74, 6) is -1.64. The van der Waals surface area contributed by atoms with Crippen LogP contribution in [0, 0.1) is 52.7 Å². The van der Waals surface area contributed by atoms with Gasteiger partial charge in [-0.25, -0.2) is 26.3 Å². The Balaban J connectivity index is 0.000000267. The van der Waals surface area contributed by atoms with E-state index >= 15 is 0 Å². The number of hydrogen-bond donors (Lipinski definition) is 2. The minimum absolute atomic E-state index is 0. The highest BCUT2D eigenvalue weighted by atomic mass is 32.1. The number of ether oxygens (including phenoxy) is 3. The molecule has 0 spiro atoms. The third-order valence-corrected chi connectivity index (χ3v) is 20.2. The van der Waals surface area contributed by atoms with Crippen molar-refractivity contribution in [1.82, 2.24) is 0 Å². The number of carbonyl (C=O) groups is 4. The summed E-state index contributed by atoms with van der Waals surface area (Å²) in [6.45, 7) is 1.35. The molecule has 118 heavy (non-hydrogen) atoms. The van der Waals surface area contributed by atoms with Crippen molar-refractivity contribution >= 4 is 94.5 Å². The first-order valence-electron chi connectivity index (χ1n) is 36.7. The summed E-state index contributed by atoms with van der Waals surface area (Å²) in [6.07, 6.45) is 0.517. The van der Waals surface area contributed by atoms with E-state index in [4.69, 9.17) is 14.2 Å². The van der Waals surface area contributed by atoms with Gasteiger partial charge >= 0.3 is 0 Å². The Hall–Kier alpha value is -11.0. The number of aliphatic hydroxyl groups is 2. The fraction of sp³-hybridized carbons (Fsp3) is 0.208. The van der Waals surface area contributed by atoms with Crippen molar-refractivity contribution in [1.29, 1.82) is 0 Å². The zero-order valence-electron chi connectivity index (χ0n) is 62.3. The second-order valence-electron chi connectivity index (χ2n) is 27.5. The molecule has 3 heterocycles. The van der Waals surface area contributed by atoms with Crippen LogP contribution < -0.4 is 28.9 Å². The molecule has 2 N–H and O–H groups in total. The summed E-state index contributed by atoms with van der Waals surface area (Å²) in [7, 11) is 0. The number of anilines is 3. The second kappa shape index (κ2) is 45.7. The van der Waals surface area contributed by atoms with Crippen LogP contribution in [0.1, 0.15) is 146 Å². The molecule has 3 amide bonds. The lowest BCUT2D eigenvalue weighted by molar-refractivity contribution is -0.131. The molecule has 618 valence electrons. The molecule has 0 saturated carbocycles. The van der Waals surface area contributed by atoms with Crippen LogP contribution >= 0.6 is 54.0 Å². The molecule has 3 aliphatic heterocycles. The molecule has 0 bridgehead atoms. The molecule has 0 unspecified atom stereocenters. The first kappa shape index (κ1) is 95.9. The third kappa shape index (κ3) is 24.1. The number of halogens is 6. The number of aliphatic hydroxyl groups excluding tert-OH is 2. The zero-order chi connectivity index (χ0) is 77.3. The van der Waals surface area contributed by atoms with Gasteiger partial charge in [-0.3, -0.25) is 19.2 Å². The molecule has 12 nitrogen and oxygen atoms in total. The predicted octanol–water partition coefficient (Wildman–Crippen LogP) is 22.8. The lowest BCUT2D eigenvalue weighted by Crippen LogP contribution is -2.55. The Kier molecular flexibility index (Phi) is 37.1. The molecule has 0 aromatic heterocycles. The summed E-state index contributed by atoms with van der Waals surface area (Å²) in [6, 6.07) is 86.1. The van der Waals surface area contributed by atoms with Crippen LogP contribution in [0.15, 0.2) is 309 Å². The van der Waals surface area contributed by atoms with Gasteiger partial charge in [-0.05, 0) is 234 Å². The first-order chi connectivity index (χ1) is 54.0. The van der Waals surface area contributed by atoms with Gasteiger partial charge in [0.15, 0.2) is 5.78 Å². The lowest BCUT2D eigenvalue weighted by atomic mass is 9.78. The van der Waals surface area contributed by atoms with Gasteiger partial charge in [0.25, 0.3) is 0 Å². The predicted molar refractivity (Wildman–Crippen MR) is 475 cm³/mol. The summed E-state index contributed by atoms with van der Waals surface area (Å²) >= 11 is 0. The molecular formula is C96H99F6N3O9S4.